The van der Waals surface area contributed by atoms with Gasteiger partial charge in [0.2, 0.25) is 0 Å². The van der Waals surface area contributed by atoms with E-state index in [0.29, 0.717) is 11.5 Å². The summed E-state index contributed by atoms with van der Waals surface area (Å²) >= 11 is 0. The van der Waals surface area contributed by atoms with E-state index in [1.165, 1.54) is 0 Å². The zero-order valence-corrected chi connectivity index (χ0v) is 10.9. The van der Waals surface area contributed by atoms with Crippen molar-refractivity contribution in [1.82, 2.24) is 4.90 Å². The highest BCUT2D eigenvalue weighted by atomic mass is 16.6. The van der Waals surface area contributed by atoms with Gasteiger partial charge in [0.25, 0.3) is 0 Å². The third kappa shape index (κ3) is 2.65. The Bertz CT molecular complexity index is 440. The van der Waals surface area contributed by atoms with E-state index in [-0.39, 0.29) is 6.10 Å². The number of nitrogens with zero attached hydrogens (tertiary/aromatic N) is 1. The van der Waals surface area contributed by atoms with Crippen molar-refractivity contribution in [2.45, 2.75) is 25.0 Å². The molecule has 4 rings (SSSR count). The van der Waals surface area contributed by atoms with Crippen molar-refractivity contribution in [1.29, 1.82) is 0 Å². The number of hydrogen-bond donors (Lipinski definition) is 1. The number of carbonyl (C=O) groups excluding carboxylic acids is 1. The molecule has 0 radical (unpaired) electrons. The number of ether oxygens (including phenoxy) is 1. The Balaban J connectivity index is 1.62. The maximum Gasteiger partial charge on any atom is 0.339 e. The van der Waals surface area contributed by atoms with Gasteiger partial charge in [-0.3, -0.25) is 4.90 Å². The number of rotatable bonds is 3. The lowest BCUT2D eigenvalue weighted by Gasteiger charge is -2.44. The van der Waals surface area contributed by atoms with Gasteiger partial charge in [0.05, 0.1) is 0 Å². The molecule has 1 aromatic rings. The van der Waals surface area contributed by atoms with Crippen molar-refractivity contribution in [2.75, 3.05) is 19.6 Å². The maximum atomic E-state index is 12.0. The van der Waals surface area contributed by atoms with Gasteiger partial charge >= 0.3 is 5.97 Å². The van der Waals surface area contributed by atoms with E-state index in [1.807, 2.05) is 6.07 Å². The molecule has 3 fully saturated rings. The molecule has 19 heavy (non-hydrogen) atoms. The summed E-state index contributed by atoms with van der Waals surface area (Å²) in [6.45, 7) is 3.04. The fourth-order valence-electron chi connectivity index (χ4n) is 3.03. The van der Waals surface area contributed by atoms with Crippen LogP contribution in [-0.2, 0) is 9.53 Å². The van der Waals surface area contributed by atoms with Gasteiger partial charge in [0, 0.05) is 6.54 Å². The van der Waals surface area contributed by atoms with Crippen LogP contribution in [0.15, 0.2) is 30.3 Å². The van der Waals surface area contributed by atoms with E-state index >= 15 is 0 Å². The molecule has 0 spiro atoms. The van der Waals surface area contributed by atoms with Gasteiger partial charge in [-0.25, -0.2) is 4.79 Å². The molecule has 0 aromatic heterocycles. The van der Waals surface area contributed by atoms with Crippen molar-refractivity contribution in [2.24, 2.45) is 5.92 Å². The highest BCUT2D eigenvalue weighted by Crippen LogP contribution is 2.30. The van der Waals surface area contributed by atoms with Crippen LogP contribution < -0.4 is 0 Å². The summed E-state index contributed by atoms with van der Waals surface area (Å²) in [7, 11) is 0. The largest absolute Gasteiger partial charge is 0.459 e. The maximum absolute atomic E-state index is 12.0. The first-order chi connectivity index (χ1) is 9.24. The van der Waals surface area contributed by atoms with Crippen molar-refractivity contribution < 1.29 is 14.6 Å². The smallest absolute Gasteiger partial charge is 0.339 e. The summed E-state index contributed by atoms with van der Waals surface area (Å²) in [5, 5.41) is 10.0. The van der Waals surface area contributed by atoms with E-state index in [4.69, 9.17) is 4.74 Å². The lowest BCUT2D eigenvalue weighted by atomic mass is 9.86. The number of benzene rings is 1. The number of piperidine rings is 3. The quantitative estimate of drug-likeness (QED) is 0.835. The second-order valence-electron chi connectivity index (χ2n) is 5.43. The monoisotopic (exact) mass is 261 g/mol. The van der Waals surface area contributed by atoms with E-state index in [0.717, 1.165) is 32.5 Å². The molecule has 2 bridgehead atoms. The van der Waals surface area contributed by atoms with Crippen molar-refractivity contribution in [3.8, 4) is 0 Å². The van der Waals surface area contributed by atoms with Gasteiger partial charge in [-0.05, 0) is 37.4 Å². The number of aliphatic hydroxyl groups is 1. The lowest BCUT2D eigenvalue weighted by Crippen LogP contribution is -2.52. The molecule has 4 nitrogen and oxygen atoms in total. The lowest BCUT2D eigenvalue weighted by molar-refractivity contribution is -0.169. The molecule has 1 N–H and O–H groups in total. The molecule has 0 unspecified atom stereocenters. The Morgan fingerprint density at radius 3 is 2.53 bits per heavy atom. The van der Waals surface area contributed by atoms with Crippen molar-refractivity contribution in [3.05, 3.63) is 35.9 Å². The van der Waals surface area contributed by atoms with Crippen molar-refractivity contribution in [3.63, 3.8) is 0 Å². The topological polar surface area (TPSA) is 49.8 Å². The third-order valence-corrected chi connectivity index (χ3v) is 4.20. The molecule has 2 atom stereocenters. The molecule has 4 heteroatoms. The van der Waals surface area contributed by atoms with Crippen LogP contribution in [0.5, 0.6) is 0 Å². The summed E-state index contributed by atoms with van der Waals surface area (Å²) in [4.78, 5) is 14.3. The molecule has 0 saturated carbocycles. The molecule has 102 valence electrons. The molecule has 0 aliphatic carbocycles. The Morgan fingerprint density at radius 2 is 1.95 bits per heavy atom. The molecule has 3 saturated heterocycles. The molecule has 3 aliphatic heterocycles. The SMILES string of the molecule is O=C(O[C@@H]1CN2CCC1CC2)[C@H](O)c1ccccc1. The minimum absolute atomic E-state index is 0.0478. The first-order valence-electron chi connectivity index (χ1n) is 6.90. The summed E-state index contributed by atoms with van der Waals surface area (Å²) in [5.41, 5.74) is 0.591. The second kappa shape index (κ2) is 5.31. The normalized spacial score (nSPS) is 30.9. The van der Waals surface area contributed by atoms with Crippen molar-refractivity contribution >= 4 is 5.97 Å². The Kier molecular flexibility index (Phi) is 3.53. The van der Waals surface area contributed by atoms with Gasteiger partial charge < -0.3 is 9.84 Å². The summed E-state index contributed by atoms with van der Waals surface area (Å²) in [6.07, 6.45) is 0.976. The first-order valence-corrected chi connectivity index (χ1v) is 6.90. The fraction of sp³-hybridized carbons (Fsp3) is 0.533. The minimum Gasteiger partial charge on any atom is -0.459 e. The number of fused-ring (bicyclic) bond motifs is 3. The Hall–Kier alpha value is -1.39. The van der Waals surface area contributed by atoms with Crippen LogP contribution in [0.3, 0.4) is 0 Å². The van der Waals surface area contributed by atoms with Gasteiger partial charge in [-0.15, -0.1) is 0 Å². The Labute approximate surface area is 113 Å². The van der Waals surface area contributed by atoms with Crippen LogP contribution in [0.1, 0.15) is 24.5 Å². The highest BCUT2D eigenvalue weighted by molar-refractivity contribution is 5.76. The summed E-state index contributed by atoms with van der Waals surface area (Å²) in [5.74, 6) is -0.0538. The average Bonchev–Trinajstić information content (AvgIpc) is 2.48. The molecule has 1 aromatic carbocycles. The second-order valence-corrected chi connectivity index (χ2v) is 5.43. The van der Waals surface area contributed by atoms with E-state index in [2.05, 4.69) is 4.90 Å². The predicted molar refractivity (Wildman–Crippen MR) is 70.4 cm³/mol. The molecule has 0 amide bonds. The van der Waals surface area contributed by atoms with E-state index < -0.39 is 12.1 Å². The van der Waals surface area contributed by atoms with E-state index in [1.54, 1.807) is 24.3 Å². The van der Waals surface area contributed by atoms with Gasteiger partial charge in [-0.1, -0.05) is 30.3 Å². The van der Waals surface area contributed by atoms with E-state index in [9.17, 15) is 9.90 Å². The van der Waals surface area contributed by atoms with Gasteiger partial charge in [0.15, 0.2) is 6.10 Å². The number of aliphatic hydroxyl groups excluding tert-OH is 1. The number of carbonyl (C=O) groups is 1. The minimum atomic E-state index is -1.17. The average molecular weight is 261 g/mol. The van der Waals surface area contributed by atoms with Crippen LogP contribution in [0.25, 0.3) is 0 Å². The zero-order valence-electron chi connectivity index (χ0n) is 10.9. The fourth-order valence-corrected chi connectivity index (χ4v) is 3.03. The predicted octanol–water partition coefficient (Wildman–Crippen LogP) is 1.36. The van der Waals surface area contributed by atoms with Crippen LogP contribution in [0.2, 0.25) is 0 Å². The molecule has 3 heterocycles. The third-order valence-electron chi connectivity index (χ3n) is 4.20. The summed E-state index contributed by atoms with van der Waals surface area (Å²) in [6, 6.07) is 8.94. The number of hydrogen-bond acceptors (Lipinski definition) is 4. The van der Waals surface area contributed by atoms with Crippen LogP contribution in [0, 0.1) is 5.92 Å². The van der Waals surface area contributed by atoms with Gasteiger partial charge in [0.1, 0.15) is 6.10 Å². The standard InChI is InChI=1S/C15H19NO3/c17-14(12-4-2-1-3-5-12)15(18)19-13-10-16-8-6-11(13)7-9-16/h1-5,11,13-14,17H,6-10H2/t13-,14-/m1/s1. The molecule has 3 aliphatic rings. The molecular weight excluding hydrogens is 242 g/mol. The first kappa shape index (κ1) is 12.6. The van der Waals surface area contributed by atoms with Crippen LogP contribution >= 0.6 is 0 Å². The zero-order chi connectivity index (χ0) is 13.2. The summed E-state index contributed by atoms with van der Waals surface area (Å²) < 4.78 is 5.51. The Morgan fingerprint density at radius 1 is 1.26 bits per heavy atom. The molecular formula is C15H19NO3. The van der Waals surface area contributed by atoms with Gasteiger partial charge in [-0.2, -0.15) is 0 Å². The highest BCUT2D eigenvalue weighted by Gasteiger charge is 2.37. The number of esters is 1. The van der Waals surface area contributed by atoms with Crippen LogP contribution in [0.4, 0.5) is 0 Å². The van der Waals surface area contributed by atoms with Crippen LogP contribution in [-0.4, -0.2) is 41.7 Å².